The maximum absolute atomic E-state index is 5.42. The molecule has 0 aromatic heterocycles. The number of nitrogens with one attached hydrogen (secondary N) is 1. The fraction of sp³-hybridized carbons (Fsp3) is 0.538. The first-order valence-corrected chi connectivity index (χ1v) is 6.06. The fourth-order valence-electron chi connectivity index (χ4n) is 1.75. The minimum Gasteiger partial charge on any atom is -0.372 e. The smallest absolute Gasteiger partial charge is 0.0366 e. The van der Waals surface area contributed by atoms with E-state index in [2.05, 4.69) is 48.3 Å². The molecular formula is C13H23N3. The molecule has 0 bridgehead atoms. The molecule has 90 valence electrons. The lowest BCUT2D eigenvalue weighted by Crippen LogP contribution is -2.23. The van der Waals surface area contributed by atoms with Gasteiger partial charge in [0, 0.05) is 38.4 Å². The summed E-state index contributed by atoms with van der Waals surface area (Å²) in [5.41, 5.74) is 8.03. The third-order valence-corrected chi connectivity index (χ3v) is 2.72. The molecule has 3 nitrogen and oxygen atoms in total. The van der Waals surface area contributed by atoms with Gasteiger partial charge in [0.2, 0.25) is 0 Å². The number of nitrogens with zero attached hydrogens (tertiary/aromatic N) is 1. The summed E-state index contributed by atoms with van der Waals surface area (Å²) in [4.78, 5) is 2.34. The quantitative estimate of drug-likeness (QED) is 0.687. The van der Waals surface area contributed by atoms with E-state index in [1.54, 1.807) is 0 Å². The van der Waals surface area contributed by atoms with Gasteiger partial charge in [-0.05, 0) is 31.5 Å². The minimum absolute atomic E-state index is 0.692. The fourth-order valence-corrected chi connectivity index (χ4v) is 1.75. The number of hydrogen-bond acceptors (Lipinski definition) is 3. The second kappa shape index (κ2) is 7.25. The van der Waals surface area contributed by atoms with E-state index in [1.165, 1.54) is 11.3 Å². The van der Waals surface area contributed by atoms with Gasteiger partial charge in [-0.25, -0.2) is 0 Å². The van der Waals surface area contributed by atoms with Crippen LogP contribution in [0.5, 0.6) is 0 Å². The molecule has 0 saturated heterocycles. The molecule has 0 aliphatic heterocycles. The van der Waals surface area contributed by atoms with Crippen LogP contribution < -0.4 is 16.0 Å². The number of anilines is 1. The lowest BCUT2D eigenvalue weighted by molar-refractivity contribution is 0.695. The zero-order chi connectivity index (χ0) is 11.8. The van der Waals surface area contributed by atoms with Gasteiger partial charge < -0.3 is 16.0 Å². The van der Waals surface area contributed by atoms with Crippen LogP contribution in [0.1, 0.15) is 19.4 Å². The van der Waals surface area contributed by atoms with Crippen molar-refractivity contribution in [1.82, 2.24) is 5.32 Å². The molecule has 0 atom stereocenters. The first-order valence-electron chi connectivity index (χ1n) is 6.06. The van der Waals surface area contributed by atoms with Crippen LogP contribution in [0, 0.1) is 0 Å². The first kappa shape index (κ1) is 13.0. The van der Waals surface area contributed by atoms with Crippen molar-refractivity contribution in [2.75, 3.05) is 31.1 Å². The molecule has 0 amide bonds. The normalized spacial score (nSPS) is 10.4. The highest BCUT2D eigenvalue weighted by Gasteiger charge is 2.00. The van der Waals surface area contributed by atoms with E-state index >= 15 is 0 Å². The molecule has 0 aliphatic rings. The summed E-state index contributed by atoms with van der Waals surface area (Å²) in [6.45, 7) is 8.94. The predicted molar refractivity (Wildman–Crippen MR) is 70.8 cm³/mol. The Bertz CT molecular complexity index is 278. The van der Waals surface area contributed by atoms with E-state index in [1.807, 2.05) is 0 Å². The van der Waals surface area contributed by atoms with Crippen LogP contribution in [0.4, 0.5) is 5.69 Å². The summed E-state index contributed by atoms with van der Waals surface area (Å²) < 4.78 is 0. The molecular weight excluding hydrogens is 198 g/mol. The predicted octanol–water partition coefficient (Wildman–Crippen LogP) is 1.58. The van der Waals surface area contributed by atoms with E-state index < -0.39 is 0 Å². The molecule has 0 unspecified atom stereocenters. The van der Waals surface area contributed by atoms with Gasteiger partial charge in [-0.1, -0.05) is 12.1 Å². The summed E-state index contributed by atoms with van der Waals surface area (Å²) >= 11 is 0. The zero-order valence-electron chi connectivity index (χ0n) is 10.4. The second-order valence-corrected chi connectivity index (χ2v) is 3.80. The Morgan fingerprint density at radius 2 is 1.75 bits per heavy atom. The Morgan fingerprint density at radius 1 is 1.12 bits per heavy atom. The van der Waals surface area contributed by atoms with Crippen molar-refractivity contribution >= 4 is 5.69 Å². The molecule has 0 spiro atoms. The molecule has 0 fully saturated rings. The molecule has 16 heavy (non-hydrogen) atoms. The summed E-state index contributed by atoms with van der Waals surface area (Å²) in [5.74, 6) is 0. The van der Waals surface area contributed by atoms with Crippen LogP contribution in [0.15, 0.2) is 24.3 Å². The third-order valence-electron chi connectivity index (χ3n) is 2.72. The van der Waals surface area contributed by atoms with Crippen LogP contribution in [-0.4, -0.2) is 26.2 Å². The molecule has 3 N–H and O–H groups in total. The number of benzene rings is 1. The average Bonchev–Trinajstić information content (AvgIpc) is 2.33. The molecule has 3 heteroatoms. The Morgan fingerprint density at radius 3 is 2.25 bits per heavy atom. The van der Waals surface area contributed by atoms with Crippen molar-refractivity contribution in [2.45, 2.75) is 20.4 Å². The highest BCUT2D eigenvalue weighted by atomic mass is 15.1. The first-order chi connectivity index (χ1) is 7.81. The van der Waals surface area contributed by atoms with Crippen molar-refractivity contribution in [3.63, 3.8) is 0 Å². The highest BCUT2D eigenvalue weighted by molar-refractivity contribution is 5.47. The Kier molecular flexibility index (Phi) is 5.90. The maximum atomic E-state index is 5.42. The van der Waals surface area contributed by atoms with Crippen molar-refractivity contribution in [3.8, 4) is 0 Å². The van der Waals surface area contributed by atoms with Crippen LogP contribution in [-0.2, 0) is 6.54 Å². The Hall–Kier alpha value is -1.06. The average molecular weight is 221 g/mol. The van der Waals surface area contributed by atoms with Crippen LogP contribution in [0.3, 0.4) is 0 Å². The lowest BCUT2D eigenvalue weighted by Gasteiger charge is -2.21. The van der Waals surface area contributed by atoms with E-state index in [0.29, 0.717) is 6.54 Å². The zero-order valence-corrected chi connectivity index (χ0v) is 10.4. The number of rotatable bonds is 7. The van der Waals surface area contributed by atoms with Gasteiger partial charge in [0.25, 0.3) is 0 Å². The van der Waals surface area contributed by atoms with E-state index in [4.69, 9.17) is 5.73 Å². The van der Waals surface area contributed by atoms with Crippen LogP contribution in [0.2, 0.25) is 0 Å². The molecule has 1 aromatic carbocycles. The van der Waals surface area contributed by atoms with Crippen LogP contribution in [0.25, 0.3) is 0 Å². The van der Waals surface area contributed by atoms with Gasteiger partial charge in [0.1, 0.15) is 0 Å². The van der Waals surface area contributed by atoms with E-state index in [9.17, 15) is 0 Å². The summed E-state index contributed by atoms with van der Waals surface area (Å²) in [5, 5.41) is 3.29. The molecule has 0 radical (unpaired) electrons. The molecule has 0 heterocycles. The van der Waals surface area contributed by atoms with Gasteiger partial charge in [-0.15, -0.1) is 0 Å². The maximum Gasteiger partial charge on any atom is 0.0366 e. The molecule has 1 rings (SSSR count). The van der Waals surface area contributed by atoms with Crippen LogP contribution >= 0.6 is 0 Å². The van der Waals surface area contributed by atoms with Crippen molar-refractivity contribution in [3.05, 3.63) is 29.8 Å². The highest BCUT2D eigenvalue weighted by Crippen LogP contribution is 2.14. The van der Waals surface area contributed by atoms with E-state index in [0.717, 1.165) is 26.2 Å². The standard InChI is InChI=1S/C13H23N3/c1-3-16(4-2)13-7-5-12(6-8-13)11-15-10-9-14/h5-8,15H,3-4,9-11,14H2,1-2H3. The van der Waals surface area contributed by atoms with Gasteiger partial charge in [0.15, 0.2) is 0 Å². The van der Waals surface area contributed by atoms with Crippen molar-refractivity contribution in [2.24, 2.45) is 5.73 Å². The van der Waals surface area contributed by atoms with Gasteiger partial charge in [-0.3, -0.25) is 0 Å². The van der Waals surface area contributed by atoms with Gasteiger partial charge in [-0.2, -0.15) is 0 Å². The summed E-state index contributed by atoms with van der Waals surface area (Å²) in [7, 11) is 0. The summed E-state index contributed by atoms with van der Waals surface area (Å²) in [6.07, 6.45) is 0. The monoisotopic (exact) mass is 221 g/mol. The Balaban J connectivity index is 2.53. The lowest BCUT2D eigenvalue weighted by atomic mass is 10.2. The van der Waals surface area contributed by atoms with Crippen molar-refractivity contribution in [1.29, 1.82) is 0 Å². The topological polar surface area (TPSA) is 41.3 Å². The van der Waals surface area contributed by atoms with Gasteiger partial charge >= 0.3 is 0 Å². The molecule has 1 aromatic rings. The third kappa shape index (κ3) is 3.83. The summed E-state index contributed by atoms with van der Waals surface area (Å²) in [6, 6.07) is 8.73. The van der Waals surface area contributed by atoms with E-state index in [-0.39, 0.29) is 0 Å². The number of hydrogen-bond donors (Lipinski definition) is 2. The SMILES string of the molecule is CCN(CC)c1ccc(CNCCN)cc1. The minimum atomic E-state index is 0.692. The Labute approximate surface area is 98.6 Å². The molecule has 0 aliphatic carbocycles. The number of nitrogens with two attached hydrogens (primary N) is 1. The second-order valence-electron chi connectivity index (χ2n) is 3.80. The van der Waals surface area contributed by atoms with Gasteiger partial charge in [0.05, 0.1) is 0 Å². The van der Waals surface area contributed by atoms with Crippen molar-refractivity contribution < 1.29 is 0 Å². The largest absolute Gasteiger partial charge is 0.372 e. The molecule has 0 saturated carbocycles.